The van der Waals surface area contributed by atoms with Gasteiger partial charge in [-0.05, 0) is 62.4 Å². The molecule has 0 radical (unpaired) electrons. The van der Waals surface area contributed by atoms with E-state index in [1.54, 1.807) is 42.5 Å². The summed E-state index contributed by atoms with van der Waals surface area (Å²) in [6.45, 7) is 1.90. The van der Waals surface area contributed by atoms with Crippen molar-refractivity contribution < 1.29 is 8.42 Å². The van der Waals surface area contributed by atoms with Crippen LogP contribution in [0.1, 0.15) is 36.8 Å². The third-order valence-corrected chi connectivity index (χ3v) is 6.10. The summed E-state index contributed by atoms with van der Waals surface area (Å²) in [6, 6.07) is 16.0. The second-order valence-corrected chi connectivity index (χ2v) is 8.24. The van der Waals surface area contributed by atoms with Gasteiger partial charge in [0.05, 0.1) is 16.1 Å². The van der Waals surface area contributed by atoms with E-state index in [-0.39, 0.29) is 4.90 Å². The van der Waals surface area contributed by atoms with Crippen molar-refractivity contribution in [3.05, 3.63) is 71.3 Å². The fourth-order valence-electron chi connectivity index (χ4n) is 2.94. The topological polar surface area (TPSA) is 37.4 Å². The Morgan fingerprint density at radius 3 is 2.41 bits per heavy atom. The number of hydrogen-bond acceptors (Lipinski definition) is 2. The Morgan fingerprint density at radius 1 is 1.00 bits per heavy atom. The predicted octanol–water partition coefficient (Wildman–Crippen LogP) is 4.63. The number of terminal acetylenes is 1. The summed E-state index contributed by atoms with van der Waals surface area (Å²) >= 11 is 0. The van der Waals surface area contributed by atoms with Gasteiger partial charge in [-0.1, -0.05) is 54.2 Å². The van der Waals surface area contributed by atoms with E-state index in [2.05, 4.69) is 24.0 Å². The maximum atomic E-state index is 13.1. The van der Waals surface area contributed by atoms with Gasteiger partial charge in [0.15, 0.2) is 0 Å². The van der Waals surface area contributed by atoms with E-state index in [1.807, 2.05) is 13.0 Å². The zero-order chi connectivity index (χ0) is 19.3. The lowest BCUT2D eigenvalue weighted by Crippen LogP contribution is -2.26. The summed E-state index contributed by atoms with van der Waals surface area (Å²) in [5, 5.41) is 0. The lowest BCUT2D eigenvalue weighted by Gasteiger charge is -2.19. The highest BCUT2D eigenvalue weighted by molar-refractivity contribution is 7.93. The van der Waals surface area contributed by atoms with Gasteiger partial charge in [0.2, 0.25) is 0 Å². The highest BCUT2D eigenvalue weighted by atomic mass is 32.2. The van der Waals surface area contributed by atoms with Crippen molar-refractivity contribution in [2.75, 3.05) is 4.31 Å². The number of aryl methyl sites for hydroxylation is 1. The molecule has 0 spiro atoms. The largest absolute Gasteiger partial charge is 0.275 e. The first kappa shape index (κ1) is 18.8. The fourth-order valence-corrected chi connectivity index (χ4v) is 4.19. The zero-order valence-corrected chi connectivity index (χ0v) is 16.1. The monoisotopic (exact) mass is 375 g/mol. The van der Waals surface area contributed by atoms with Gasteiger partial charge in [0, 0.05) is 6.04 Å². The summed E-state index contributed by atoms with van der Waals surface area (Å²) < 4.78 is 27.1. The molecule has 0 heterocycles. The second-order valence-electron chi connectivity index (χ2n) is 6.45. The standard InChI is InChI=1S/C23H21NO2S/c1-3-24(27(25,26)22-17-13-19(2)14-18-22)23-12-8-7-11-21(23)16-15-20-9-5-4-6-10-20/h1,7-9,11-14,17-18H,4-6,10H2,2H3. The van der Waals surface area contributed by atoms with Crippen LogP contribution in [0.4, 0.5) is 5.69 Å². The normalized spacial score (nSPS) is 13.7. The van der Waals surface area contributed by atoms with Crippen molar-refractivity contribution in [1.29, 1.82) is 0 Å². The van der Waals surface area contributed by atoms with Crippen LogP contribution >= 0.6 is 0 Å². The van der Waals surface area contributed by atoms with E-state index in [0.29, 0.717) is 11.3 Å². The van der Waals surface area contributed by atoms with Crippen molar-refractivity contribution in [1.82, 2.24) is 0 Å². The van der Waals surface area contributed by atoms with Crippen molar-refractivity contribution in [3.8, 4) is 24.3 Å². The molecule has 0 unspecified atom stereocenters. The molecule has 2 aromatic carbocycles. The Labute approximate surface area is 161 Å². The van der Waals surface area contributed by atoms with E-state index < -0.39 is 10.0 Å². The van der Waals surface area contributed by atoms with Crippen molar-refractivity contribution in [2.24, 2.45) is 0 Å². The number of para-hydroxylation sites is 1. The molecule has 0 bridgehead atoms. The zero-order valence-electron chi connectivity index (χ0n) is 15.3. The van der Waals surface area contributed by atoms with Crippen LogP contribution in [0.5, 0.6) is 0 Å². The van der Waals surface area contributed by atoms with Gasteiger partial charge in [-0.15, -0.1) is 0 Å². The van der Waals surface area contributed by atoms with Gasteiger partial charge < -0.3 is 0 Å². The van der Waals surface area contributed by atoms with E-state index >= 15 is 0 Å². The molecule has 3 rings (SSSR count). The third-order valence-electron chi connectivity index (χ3n) is 4.45. The van der Waals surface area contributed by atoms with Crippen molar-refractivity contribution in [3.63, 3.8) is 0 Å². The number of benzene rings is 2. The maximum absolute atomic E-state index is 13.1. The van der Waals surface area contributed by atoms with Crippen LogP contribution in [0.25, 0.3) is 0 Å². The van der Waals surface area contributed by atoms with E-state index in [9.17, 15) is 8.42 Å². The number of allylic oxidation sites excluding steroid dienone is 2. The van der Waals surface area contributed by atoms with Crippen molar-refractivity contribution in [2.45, 2.75) is 37.5 Å². The van der Waals surface area contributed by atoms with Crippen LogP contribution in [0.15, 0.2) is 65.1 Å². The van der Waals surface area contributed by atoms with Gasteiger partial charge in [0.1, 0.15) is 0 Å². The molecule has 2 aromatic rings. The first-order valence-electron chi connectivity index (χ1n) is 8.91. The number of nitrogens with zero attached hydrogens (tertiary/aromatic N) is 1. The van der Waals surface area contributed by atoms with Crippen LogP contribution in [0.3, 0.4) is 0 Å². The van der Waals surface area contributed by atoms with Crippen LogP contribution in [0.2, 0.25) is 0 Å². The molecular weight excluding hydrogens is 354 g/mol. The van der Waals surface area contributed by atoms with Gasteiger partial charge >= 0.3 is 0 Å². The van der Waals surface area contributed by atoms with Crippen LogP contribution in [-0.2, 0) is 10.0 Å². The molecule has 3 nitrogen and oxygen atoms in total. The lowest BCUT2D eigenvalue weighted by molar-refractivity contribution is 0.596. The highest BCUT2D eigenvalue weighted by Crippen LogP contribution is 2.26. The Balaban J connectivity index is 2.02. The SMILES string of the molecule is C#CN(c1ccccc1C#CC1=CCCCC1)S(=O)(=O)c1ccc(C)cc1. The minimum Gasteiger partial charge on any atom is -0.200 e. The lowest BCUT2D eigenvalue weighted by atomic mass is 10.00. The van der Waals surface area contributed by atoms with E-state index in [0.717, 1.165) is 34.7 Å². The molecule has 0 fully saturated rings. The van der Waals surface area contributed by atoms with Gasteiger partial charge in [-0.25, -0.2) is 8.42 Å². The number of sulfonamides is 1. The Bertz CT molecular complexity index is 1060. The highest BCUT2D eigenvalue weighted by Gasteiger charge is 2.25. The Hall–Kier alpha value is -2.95. The third kappa shape index (κ3) is 4.25. The van der Waals surface area contributed by atoms with E-state index in [1.165, 1.54) is 6.42 Å². The van der Waals surface area contributed by atoms with Crippen LogP contribution in [-0.4, -0.2) is 8.42 Å². The molecule has 0 atom stereocenters. The summed E-state index contributed by atoms with van der Waals surface area (Å²) in [7, 11) is -3.87. The van der Waals surface area contributed by atoms with Crippen LogP contribution < -0.4 is 4.31 Å². The number of rotatable bonds is 3. The molecule has 0 amide bonds. The molecule has 0 saturated carbocycles. The molecule has 136 valence electrons. The molecule has 0 aromatic heterocycles. The molecule has 1 aliphatic rings. The number of hydrogen-bond donors (Lipinski definition) is 0. The average Bonchev–Trinajstić information content (AvgIpc) is 2.69. The maximum Gasteiger partial charge on any atom is 0.275 e. The van der Waals surface area contributed by atoms with Gasteiger partial charge in [-0.3, -0.25) is 0 Å². The van der Waals surface area contributed by atoms with Crippen molar-refractivity contribution >= 4 is 15.7 Å². The Kier molecular flexibility index (Phi) is 5.69. The second kappa shape index (κ2) is 8.16. The summed E-state index contributed by atoms with van der Waals surface area (Å²) in [6.07, 6.45) is 12.1. The number of anilines is 1. The van der Waals surface area contributed by atoms with Crippen LogP contribution in [0, 0.1) is 31.2 Å². The summed E-state index contributed by atoms with van der Waals surface area (Å²) in [5.74, 6) is 6.29. The molecule has 0 saturated heterocycles. The smallest absolute Gasteiger partial charge is 0.200 e. The molecule has 0 N–H and O–H groups in total. The fraction of sp³-hybridized carbons (Fsp3) is 0.217. The summed E-state index contributed by atoms with van der Waals surface area (Å²) in [4.78, 5) is 0.156. The molecular formula is C23H21NO2S. The quantitative estimate of drug-likeness (QED) is 0.579. The minimum atomic E-state index is -3.87. The van der Waals surface area contributed by atoms with E-state index in [4.69, 9.17) is 6.42 Å². The first-order valence-corrected chi connectivity index (χ1v) is 10.3. The predicted molar refractivity (Wildman–Crippen MR) is 110 cm³/mol. The van der Waals surface area contributed by atoms with Gasteiger partial charge in [-0.2, -0.15) is 4.31 Å². The van der Waals surface area contributed by atoms with Gasteiger partial charge in [0.25, 0.3) is 10.0 Å². The molecule has 1 aliphatic carbocycles. The Morgan fingerprint density at radius 2 is 1.74 bits per heavy atom. The molecule has 0 aliphatic heterocycles. The molecule has 4 heteroatoms. The average molecular weight is 375 g/mol. The summed E-state index contributed by atoms with van der Waals surface area (Å²) in [5.41, 5.74) is 3.07. The molecule has 27 heavy (non-hydrogen) atoms. The first-order chi connectivity index (χ1) is 13.0. The minimum absolute atomic E-state index is 0.156.